The van der Waals surface area contributed by atoms with Crippen LogP contribution in [0.15, 0.2) is 42.7 Å². The van der Waals surface area contributed by atoms with Crippen LogP contribution in [0, 0.1) is 3.57 Å². The molecule has 1 atom stereocenters. The lowest BCUT2D eigenvalue weighted by Gasteiger charge is -2.13. The predicted octanol–water partition coefficient (Wildman–Crippen LogP) is 1.38. The summed E-state index contributed by atoms with van der Waals surface area (Å²) in [5.74, 6) is -1.57. The van der Waals surface area contributed by atoms with Crippen LogP contribution in [-0.4, -0.2) is 40.4 Å². The van der Waals surface area contributed by atoms with E-state index in [2.05, 4.69) is 20.6 Å². The van der Waals surface area contributed by atoms with Crippen LogP contribution in [-0.2, 0) is 14.3 Å². The molecule has 0 fully saturated rings. The second-order valence-corrected chi connectivity index (χ2v) is 6.02. The van der Waals surface area contributed by atoms with Gasteiger partial charge in [0.15, 0.2) is 6.10 Å². The highest BCUT2D eigenvalue weighted by Gasteiger charge is 2.19. The third-order valence-electron chi connectivity index (χ3n) is 2.99. The number of esters is 1. The molecular formula is C16H15IN4O4. The van der Waals surface area contributed by atoms with Gasteiger partial charge in [0.05, 0.1) is 5.56 Å². The summed E-state index contributed by atoms with van der Waals surface area (Å²) in [6.07, 6.45) is 1.89. The van der Waals surface area contributed by atoms with Gasteiger partial charge in [-0.15, -0.1) is 0 Å². The van der Waals surface area contributed by atoms with E-state index in [0.717, 1.165) is 3.57 Å². The smallest absolute Gasteiger partial charge is 0.326 e. The van der Waals surface area contributed by atoms with Crippen LogP contribution >= 0.6 is 22.6 Å². The Bertz CT molecular complexity index is 770. The average Bonchev–Trinajstić information content (AvgIpc) is 2.61. The Labute approximate surface area is 157 Å². The van der Waals surface area contributed by atoms with Crippen molar-refractivity contribution in [2.24, 2.45) is 0 Å². The Balaban J connectivity index is 1.80. The number of aromatic nitrogens is 2. The fourth-order valence-electron chi connectivity index (χ4n) is 1.76. The molecule has 0 radical (unpaired) electrons. The highest BCUT2D eigenvalue weighted by atomic mass is 127. The lowest BCUT2D eigenvalue weighted by molar-refractivity contribution is -0.152. The van der Waals surface area contributed by atoms with Gasteiger partial charge in [-0.1, -0.05) is 12.1 Å². The van der Waals surface area contributed by atoms with Crippen molar-refractivity contribution < 1.29 is 19.1 Å². The van der Waals surface area contributed by atoms with E-state index in [1.807, 2.05) is 28.7 Å². The van der Waals surface area contributed by atoms with Gasteiger partial charge >= 0.3 is 5.97 Å². The molecular weight excluding hydrogens is 439 g/mol. The Hall–Kier alpha value is -2.56. The summed E-state index contributed by atoms with van der Waals surface area (Å²) in [6, 6.07) is 8.58. The molecule has 2 amide bonds. The van der Waals surface area contributed by atoms with Crippen molar-refractivity contribution in [1.82, 2.24) is 15.3 Å². The third kappa shape index (κ3) is 5.78. The van der Waals surface area contributed by atoms with E-state index in [1.165, 1.54) is 19.3 Å². The van der Waals surface area contributed by atoms with E-state index < -0.39 is 23.9 Å². The summed E-state index contributed by atoms with van der Waals surface area (Å²) in [5.41, 5.74) is 0.461. The first-order valence-electron chi connectivity index (χ1n) is 7.27. The van der Waals surface area contributed by atoms with Crippen LogP contribution in [0.2, 0.25) is 0 Å². The minimum absolute atomic E-state index is 0.113. The van der Waals surface area contributed by atoms with Crippen molar-refractivity contribution in [2.45, 2.75) is 13.0 Å². The van der Waals surface area contributed by atoms with Gasteiger partial charge in [0.2, 0.25) is 5.95 Å². The minimum Gasteiger partial charge on any atom is -0.451 e. The summed E-state index contributed by atoms with van der Waals surface area (Å²) in [6.45, 7) is 1.07. The summed E-state index contributed by atoms with van der Waals surface area (Å²) in [7, 11) is 0. The minimum atomic E-state index is -1.05. The number of hydrogen-bond acceptors (Lipinski definition) is 6. The molecule has 1 aromatic carbocycles. The van der Waals surface area contributed by atoms with Gasteiger partial charge < -0.3 is 10.1 Å². The molecule has 0 aliphatic rings. The number of nitrogens with zero attached hydrogens (tertiary/aromatic N) is 2. The first kappa shape index (κ1) is 18.8. The highest BCUT2D eigenvalue weighted by molar-refractivity contribution is 14.1. The van der Waals surface area contributed by atoms with Gasteiger partial charge in [0, 0.05) is 16.0 Å². The standard InChI is InChI=1S/C16H15IN4O4/c1-10(14(23)21-16-18-7-4-8-19-16)25-13(22)9-20-15(24)11-5-2-3-6-12(11)17/h2-8,10H,9H2,1H3,(H,20,24)(H,18,19,21,23). The Morgan fingerprint density at radius 1 is 1.16 bits per heavy atom. The first-order valence-corrected chi connectivity index (χ1v) is 8.35. The van der Waals surface area contributed by atoms with Crippen molar-refractivity contribution in [1.29, 1.82) is 0 Å². The largest absolute Gasteiger partial charge is 0.451 e. The van der Waals surface area contributed by atoms with E-state index in [0.29, 0.717) is 5.56 Å². The Morgan fingerprint density at radius 2 is 1.84 bits per heavy atom. The van der Waals surface area contributed by atoms with E-state index in [-0.39, 0.29) is 12.5 Å². The molecule has 0 aliphatic carbocycles. The quantitative estimate of drug-likeness (QED) is 0.504. The lowest BCUT2D eigenvalue weighted by atomic mass is 10.2. The Morgan fingerprint density at radius 3 is 2.52 bits per heavy atom. The number of carbonyl (C=O) groups excluding carboxylic acids is 3. The molecule has 1 heterocycles. The maximum Gasteiger partial charge on any atom is 0.326 e. The van der Waals surface area contributed by atoms with Crippen LogP contribution < -0.4 is 10.6 Å². The molecule has 0 bridgehead atoms. The first-order chi connectivity index (χ1) is 12.0. The van der Waals surface area contributed by atoms with Gasteiger partial charge in [0.1, 0.15) is 6.54 Å². The van der Waals surface area contributed by atoms with Gasteiger partial charge in [-0.2, -0.15) is 0 Å². The van der Waals surface area contributed by atoms with Crippen LogP contribution in [0.25, 0.3) is 0 Å². The molecule has 25 heavy (non-hydrogen) atoms. The van der Waals surface area contributed by atoms with Gasteiger partial charge in [-0.3, -0.25) is 19.7 Å². The molecule has 8 nitrogen and oxygen atoms in total. The fraction of sp³-hybridized carbons (Fsp3) is 0.188. The molecule has 2 N–H and O–H groups in total. The SMILES string of the molecule is CC(OC(=O)CNC(=O)c1ccccc1I)C(=O)Nc1ncccn1. The van der Waals surface area contributed by atoms with E-state index in [1.54, 1.807) is 24.3 Å². The monoisotopic (exact) mass is 454 g/mol. The van der Waals surface area contributed by atoms with Gasteiger partial charge in [-0.25, -0.2) is 9.97 Å². The second kappa shape index (κ2) is 9.06. The number of halogens is 1. The number of ether oxygens (including phenoxy) is 1. The zero-order chi connectivity index (χ0) is 18.2. The normalized spacial score (nSPS) is 11.3. The molecule has 1 aromatic heterocycles. The van der Waals surface area contributed by atoms with Crippen molar-refractivity contribution in [3.8, 4) is 0 Å². The Kier molecular flexibility index (Phi) is 6.81. The van der Waals surface area contributed by atoms with E-state index >= 15 is 0 Å². The number of carbonyl (C=O) groups is 3. The van der Waals surface area contributed by atoms with Crippen molar-refractivity contribution >= 4 is 46.3 Å². The summed E-state index contributed by atoms with van der Waals surface area (Å²) in [5, 5.41) is 4.88. The van der Waals surface area contributed by atoms with E-state index in [4.69, 9.17) is 4.74 Å². The summed E-state index contributed by atoms with van der Waals surface area (Å²) >= 11 is 2.03. The third-order valence-corrected chi connectivity index (χ3v) is 3.93. The van der Waals surface area contributed by atoms with Crippen LogP contribution in [0.5, 0.6) is 0 Å². The summed E-state index contributed by atoms with van der Waals surface area (Å²) < 4.78 is 5.74. The molecule has 0 spiro atoms. The number of benzene rings is 1. The van der Waals surface area contributed by atoms with Crippen LogP contribution in [0.4, 0.5) is 5.95 Å². The molecule has 130 valence electrons. The molecule has 0 aliphatic heterocycles. The average molecular weight is 454 g/mol. The van der Waals surface area contributed by atoms with Crippen molar-refractivity contribution in [3.63, 3.8) is 0 Å². The van der Waals surface area contributed by atoms with Gasteiger partial charge in [0.25, 0.3) is 11.8 Å². The van der Waals surface area contributed by atoms with Crippen molar-refractivity contribution in [2.75, 3.05) is 11.9 Å². The molecule has 2 rings (SSSR count). The predicted molar refractivity (Wildman–Crippen MR) is 97.7 cm³/mol. The van der Waals surface area contributed by atoms with Crippen LogP contribution in [0.1, 0.15) is 17.3 Å². The summed E-state index contributed by atoms with van der Waals surface area (Å²) in [4.78, 5) is 43.4. The zero-order valence-corrected chi connectivity index (χ0v) is 15.4. The maximum atomic E-state index is 12.0. The lowest BCUT2D eigenvalue weighted by Crippen LogP contribution is -2.36. The highest BCUT2D eigenvalue weighted by Crippen LogP contribution is 2.10. The molecule has 1 unspecified atom stereocenters. The van der Waals surface area contributed by atoms with E-state index in [9.17, 15) is 14.4 Å². The molecule has 0 saturated heterocycles. The topological polar surface area (TPSA) is 110 Å². The zero-order valence-electron chi connectivity index (χ0n) is 13.2. The molecule has 0 saturated carbocycles. The maximum absolute atomic E-state index is 12.0. The number of rotatable bonds is 6. The molecule has 9 heteroatoms. The number of anilines is 1. The van der Waals surface area contributed by atoms with Gasteiger partial charge in [-0.05, 0) is 47.7 Å². The fourth-order valence-corrected chi connectivity index (χ4v) is 2.39. The second-order valence-electron chi connectivity index (χ2n) is 4.86. The molecule has 2 aromatic rings. The number of hydrogen-bond donors (Lipinski definition) is 2. The van der Waals surface area contributed by atoms with Crippen LogP contribution in [0.3, 0.4) is 0 Å². The van der Waals surface area contributed by atoms with Crippen molar-refractivity contribution in [3.05, 3.63) is 51.9 Å². The number of nitrogens with one attached hydrogen (secondary N) is 2. The number of amides is 2.